The first kappa shape index (κ1) is 23.3. The first-order chi connectivity index (χ1) is 15.4. The number of sulfonamides is 1. The van der Waals surface area contributed by atoms with E-state index in [1.54, 1.807) is 4.72 Å². The van der Waals surface area contributed by atoms with E-state index in [0.717, 1.165) is 55.8 Å². The van der Waals surface area contributed by atoms with E-state index in [2.05, 4.69) is 15.6 Å². The average Bonchev–Trinajstić information content (AvgIpc) is 2.98. The van der Waals surface area contributed by atoms with Crippen molar-refractivity contribution in [3.05, 3.63) is 47.7 Å². The van der Waals surface area contributed by atoms with E-state index in [4.69, 9.17) is 0 Å². The van der Waals surface area contributed by atoms with Gasteiger partial charge in [-0.25, -0.2) is 8.42 Å². The minimum Gasteiger partial charge on any atom is -0.335 e. The number of aromatic nitrogens is 2. The first-order valence-electron chi connectivity index (χ1n) is 10.5. The number of hydrogen-bond donors (Lipinski definition) is 1. The van der Waals surface area contributed by atoms with Crippen molar-refractivity contribution in [3.8, 4) is 17.5 Å². The van der Waals surface area contributed by atoms with Crippen molar-refractivity contribution in [2.24, 2.45) is 0 Å². The largest absolute Gasteiger partial charge is 0.407 e. The van der Waals surface area contributed by atoms with Gasteiger partial charge in [-0.15, -0.1) is 0 Å². The number of fused-ring (bicyclic) bond motifs is 1. The normalized spacial score (nSPS) is 15.4. The van der Waals surface area contributed by atoms with Gasteiger partial charge in [0.2, 0.25) is 10.0 Å². The summed E-state index contributed by atoms with van der Waals surface area (Å²) in [7, 11) is -4.47. The van der Waals surface area contributed by atoms with Crippen LogP contribution in [0.3, 0.4) is 0 Å². The zero-order chi connectivity index (χ0) is 24.2. The van der Waals surface area contributed by atoms with Gasteiger partial charge in [-0.2, -0.15) is 23.2 Å². The molecular formula is C23H23F3N4O2S. The summed E-state index contributed by atoms with van der Waals surface area (Å²) in [5, 5.41) is 10.7. The predicted molar refractivity (Wildman–Crippen MR) is 118 cm³/mol. The fraction of sp³-hybridized carbons (Fsp3) is 0.391. The molecule has 1 aliphatic carbocycles. The lowest BCUT2D eigenvalue weighted by atomic mass is 9.92. The van der Waals surface area contributed by atoms with E-state index < -0.39 is 21.7 Å². The fourth-order valence-electron chi connectivity index (χ4n) is 3.94. The van der Waals surface area contributed by atoms with E-state index in [1.165, 1.54) is 12.1 Å². The van der Waals surface area contributed by atoms with Crippen molar-refractivity contribution in [2.45, 2.75) is 62.7 Å². The van der Waals surface area contributed by atoms with Gasteiger partial charge in [-0.3, -0.25) is 4.98 Å². The molecule has 0 unspecified atom stereocenters. The van der Waals surface area contributed by atoms with Crippen LogP contribution in [0, 0.1) is 18.3 Å². The standard InChI is InChI=1S/C23H23F3N4O2S/c1-14-7-9-17-18(12-27)21(30(20(17)11-14)15-5-4-6-15)19-10-8-16(13-28-19)33(31,32)29-22(2,3)23(24,25)26/h7-11,13,15,29H,4-6H2,1-3H3. The van der Waals surface area contributed by atoms with Crippen LogP contribution >= 0.6 is 0 Å². The van der Waals surface area contributed by atoms with Gasteiger partial charge >= 0.3 is 6.18 Å². The molecule has 1 aromatic carbocycles. The number of alkyl halides is 3. The van der Waals surface area contributed by atoms with Gasteiger partial charge in [-0.05, 0) is 63.8 Å². The SMILES string of the molecule is Cc1ccc2c(C#N)c(-c3ccc(S(=O)(=O)NC(C)(C)C(F)(F)F)cn3)n(C3CCC3)c2c1. The van der Waals surface area contributed by atoms with Crippen LogP contribution in [0.25, 0.3) is 22.3 Å². The molecule has 1 saturated carbocycles. The molecule has 3 aromatic rings. The topological polar surface area (TPSA) is 87.8 Å². The van der Waals surface area contributed by atoms with Gasteiger partial charge in [0.05, 0.1) is 22.5 Å². The van der Waals surface area contributed by atoms with E-state index in [-0.39, 0.29) is 10.9 Å². The molecule has 6 nitrogen and oxygen atoms in total. The lowest BCUT2D eigenvalue weighted by molar-refractivity contribution is -0.180. The van der Waals surface area contributed by atoms with Crippen LogP contribution in [0.5, 0.6) is 0 Å². The molecule has 4 rings (SSSR count). The number of benzene rings is 1. The Labute approximate surface area is 190 Å². The van der Waals surface area contributed by atoms with Crippen LogP contribution in [0.2, 0.25) is 0 Å². The summed E-state index contributed by atoms with van der Waals surface area (Å²) >= 11 is 0. The Morgan fingerprint density at radius 1 is 1.18 bits per heavy atom. The molecule has 0 amide bonds. The highest BCUT2D eigenvalue weighted by molar-refractivity contribution is 7.89. The zero-order valence-electron chi connectivity index (χ0n) is 18.4. The highest BCUT2D eigenvalue weighted by Gasteiger charge is 2.49. The lowest BCUT2D eigenvalue weighted by Crippen LogP contribution is -2.54. The molecule has 174 valence electrons. The van der Waals surface area contributed by atoms with Gasteiger partial charge in [0.1, 0.15) is 16.5 Å². The van der Waals surface area contributed by atoms with Crippen molar-refractivity contribution in [2.75, 3.05) is 0 Å². The summed E-state index contributed by atoms with van der Waals surface area (Å²) in [5.74, 6) is 0. The Balaban J connectivity index is 1.80. The number of nitriles is 1. The molecule has 0 saturated heterocycles. The lowest BCUT2D eigenvalue weighted by Gasteiger charge is -2.30. The molecular weight excluding hydrogens is 453 g/mol. The Morgan fingerprint density at radius 2 is 1.88 bits per heavy atom. The molecule has 2 heterocycles. The Kier molecular flexibility index (Phi) is 5.53. The molecule has 0 atom stereocenters. The summed E-state index contributed by atoms with van der Waals surface area (Å²) in [6, 6.07) is 10.9. The molecule has 1 N–H and O–H groups in total. The third-order valence-electron chi connectivity index (χ3n) is 6.10. The Morgan fingerprint density at radius 3 is 2.39 bits per heavy atom. The van der Waals surface area contributed by atoms with Crippen molar-refractivity contribution in [3.63, 3.8) is 0 Å². The number of nitrogens with one attached hydrogen (secondary N) is 1. The second-order valence-electron chi connectivity index (χ2n) is 8.92. The second-order valence-corrected chi connectivity index (χ2v) is 10.6. The molecule has 0 spiro atoms. The highest BCUT2D eigenvalue weighted by atomic mass is 32.2. The van der Waals surface area contributed by atoms with Crippen LogP contribution in [0.15, 0.2) is 41.4 Å². The maximum absolute atomic E-state index is 13.2. The first-order valence-corrected chi connectivity index (χ1v) is 12.0. The summed E-state index contributed by atoms with van der Waals surface area (Å²) in [6.07, 6.45) is -0.754. The quantitative estimate of drug-likeness (QED) is 0.546. The van der Waals surface area contributed by atoms with Crippen molar-refractivity contribution < 1.29 is 21.6 Å². The fourth-order valence-corrected chi connectivity index (χ4v) is 5.29. The van der Waals surface area contributed by atoms with Gasteiger partial charge in [0.15, 0.2) is 0 Å². The number of nitrogens with zero attached hydrogens (tertiary/aromatic N) is 3. The number of rotatable bonds is 5. The van der Waals surface area contributed by atoms with E-state index in [0.29, 0.717) is 17.0 Å². The second kappa shape index (κ2) is 7.85. The van der Waals surface area contributed by atoms with Crippen LogP contribution in [0.1, 0.15) is 50.3 Å². The highest BCUT2D eigenvalue weighted by Crippen LogP contribution is 2.42. The van der Waals surface area contributed by atoms with Gasteiger partial charge in [0, 0.05) is 17.6 Å². The molecule has 2 aromatic heterocycles. The average molecular weight is 477 g/mol. The maximum Gasteiger partial charge on any atom is 0.407 e. The van der Waals surface area contributed by atoms with Crippen LogP contribution in [0.4, 0.5) is 13.2 Å². The van der Waals surface area contributed by atoms with Crippen molar-refractivity contribution >= 4 is 20.9 Å². The zero-order valence-corrected chi connectivity index (χ0v) is 19.2. The van der Waals surface area contributed by atoms with Crippen molar-refractivity contribution in [1.29, 1.82) is 5.26 Å². The van der Waals surface area contributed by atoms with Gasteiger partial charge in [0.25, 0.3) is 0 Å². The number of aryl methyl sites for hydroxylation is 1. The third-order valence-corrected chi connectivity index (χ3v) is 7.74. The monoisotopic (exact) mass is 476 g/mol. The summed E-state index contributed by atoms with van der Waals surface area (Å²) < 4.78 is 68.4. The molecule has 1 fully saturated rings. The molecule has 0 radical (unpaired) electrons. The van der Waals surface area contributed by atoms with Gasteiger partial charge in [-0.1, -0.05) is 12.1 Å². The minimum atomic E-state index is -4.77. The minimum absolute atomic E-state index is 0.200. The predicted octanol–water partition coefficient (Wildman–Crippen LogP) is 5.23. The van der Waals surface area contributed by atoms with Crippen LogP contribution in [-0.4, -0.2) is 29.7 Å². The van der Waals surface area contributed by atoms with E-state index in [9.17, 15) is 26.9 Å². The number of pyridine rings is 1. The Bertz CT molecular complexity index is 1360. The molecule has 0 bridgehead atoms. The van der Waals surface area contributed by atoms with Crippen LogP contribution in [-0.2, 0) is 10.0 Å². The van der Waals surface area contributed by atoms with E-state index >= 15 is 0 Å². The smallest absolute Gasteiger partial charge is 0.335 e. The summed E-state index contributed by atoms with van der Waals surface area (Å²) in [6.45, 7) is 3.48. The van der Waals surface area contributed by atoms with Crippen molar-refractivity contribution in [1.82, 2.24) is 14.3 Å². The molecule has 0 aliphatic heterocycles. The van der Waals surface area contributed by atoms with Gasteiger partial charge < -0.3 is 4.57 Å². The number of hydrogen-bond acceptors (Lipinski definition) is 4. The Hall–Kier alpha value is -2.90. The number of halogens is 3. The van der Waals surface area contributed by atoms with Crippen LogP contribution < -0.4 is 4.72 Å². The summed E-state index contributed by atoms with van der Waals surface area (Å²) in [5.41, 5.74) is 0.739. The third kappa shape index (κ3) is 4.00. The van der Waals surface area contributed by atoms with E-state index in [1.807, 2.05) is 25.1 Å². The maximum atomic E-state index is 13.2. The summed E-state index contributed by atoms with van der Waals surface area (Å²) in [4.78, 5) is 3.88. The molecule has 1 aliphatic rings. The molecule has 33 heavy (non-hydrogen) atoms. The molecule has 10 heteroatoms.